The van der Waals surface area contributed by atoms with Gasteiger partial charge in [0.15, 0.2) is 11.4 Å². The van der Waals surface area contributed by atoms with Gasteiger partial charge in [-0.2, -0.15) is 34.4 Å². The summed E-state index contributed by atoms with van der Waals surface area (Å²) in [5, 5.41) is 32.8. The Balaban J connectivity index is 1.06. The van der Waals surface area contributed by atoms with Gasteiger partial charge >= 0.3 is 17.9 Å². The molecule has 0 atom stereocenters. The Morgan fingerprint density at radius 3 is 1.36 bits per heavy atom. The molecule has 0 bridgehead atoms. The largest absolute Gasteiger partial charge is 0.480 e. The van der Waals surface area contributed by atoms with E-state index in [-0.39, 0.29) is 27.8 Å². The summed E-state index contributed by atoms with van der Waals surface area (Å²) < 4.78 is 106. The van der Waals surface area contributed by atoms with Crippen LogP contribution in [0.2, 0.25) is 0 Å². The third-order valence-electron chi connectivity index (χ3n) is 15.3. The van der Waals surface area contributed by atoms with E-state index in [1.165, 1.54) is 59.2 Å². The molecule has 7 N–H and O–H groups in total. The minimum Gasteiger partial charge on any atom is -0.480 e. The number of carbonyl (C=O) groups is 4. The molecule has 8 rings (SSSR count). The zero-order valence-corrected chi connectivity index (χ0v) is 47.8. The van der Waals surface area contributed by atoms with Crippen molar-refractivity contribution < 1.29 is 82.6 Å². The van der Waals surface area contributed by atoms with Crippen LogP contribution >= 0.6 is 0 Å². The molecule has 0 saturated carbocycles. The molecule has 4 aromatic rings. The molecule has 21 nitrogen and oxygen atoms in total. The average molecular weight is 1170 g/mol. The lowest BCUT2D eigenvalue weighted by molar-refractivity contribution is -0.428. The number of fused-ring (bicyclic) bond motifs is 4. The van der Waals surface area contributed by atoms with Crippen LogP contribution in [0.4, 0.5) is 22.7 Å². The molecule has 426 valence electrons. The van der Waals surface area contributed by atoms with Crippen LogP contribution < -0.4 is 15.1 Å². The molecule has 0 spiro atoms. The first-order valence-corrected chi connectivity index (χ1v) is 29.5. The molecule has 24 heteroatoms. The van der Waals surface area contributed by atoms with Crippen LogP contribution in [0.15, 0.2) is 147 Å². The van der Waals surface area contributed by atoms with Crippen LogP contribution in [-0.2, 0) is 77.7 Å². The van der Waals surface area contributed by atoms with E-state index >= 15 is 0 Å². The van der Waals surface area contributed by atoms with E-state index in [0.29, 0.717) is 67.8 Å². The smallest absolute Gasteiger partial charge is 0.370 e. The molecule has 4 aliphatic heterocycles. The summed E-state index contributed by atoms with van der Waals surface area (Å²) in [5.41, 5.74) is 3.46. The summed E-state index contributed by atoms with van der Waals surface area (Å²) in [7, 11) is -13.8. The SMILES string of the molecule is CC1(C)C(=CC=CC2=[N+](CC(=O)O)c3ccc(S(=O)(=O)O)cc3C2(C)C)N(CC(=O)O)c2ccc(CNC(=O)C[N+]3=C(/C=C/C=C/C=C4/N(CC(=O)O)c5ccc(S(=O)(=O)O)cc5C4(C)C)C(C)(C)c4cc(S(=O)(=O)O)ccc43)cc21. The van der Waals surface area contributed by atoms with Gasteiger partial charge in [-0.1, -0.05) is 64.1 Å². The van der Waals surface area contributed by atoms with E-state index in [2.05, 4.69) is 5.32 Å². The highest BCUT2D eigenvalue weighted by Gasteiger charge is 2.48. The van der Waals surface area contributed by atoms with Crippen molar-refractivity contribution in [2.45, 2.75) is 98.3 Å². The van der Waals surface area contributed by atoms with Gasteiger partial charge in [-0.05, 0) is 105 Å². The monoisotopic (exact) mass is 1170 g/mol. The minimum atomic E-state index is -4.62. The van der Waals surface area contributed by atoms with Crippen LogP contribution in [0.5, 0.6) is 0 Å². The number of nitrogens with one attached hydrogen (secondary N) is 1. The number of benzene rings is 4. The van der Waals surface area contributed by atoms with Gasteiger partial charge in [-0.15, -0.1) is 0 Å². The average Bonchev–Trinajstić information content (AvgIpc) is 4.14. The van der Waals surface area contributed by atoms with Gasteiger partial charge in [0.05, 0.1) is 25.5 Å². The Morgan fingerprint density at radius 1 is 0.494 bits per heavy atom. The zero-order chi connectivity index (χ0) is 59.7. The zero-order valence-electron chi connectivity index (χ0n) is 45.4. The van der Waals surface area contributed by atoms with Crippen LogP contribution in [0.3, 0.4) is 0 Å². The number of carboxylic acids is 3. The van der Waals surface area contributed by atoms with Crippen LogP contribution in [0, 0.1) is 0 Å². The second kappa shape index (κ2) is 20.9. The molecule has 0 radical (unpaired) electrons. The van der Waals surface area contributed by atoms with E-state index in [9.17, 15) is 73.4 Å². The molecule has 81 heavy (non-hydrogen) atoms. The van der Waals surface area contributed by atoms with E-state index < -0.39 is 95.5 Å². The van der Waals surface area contributed by atoms with Gasteiger partial charge in [0, 0.05) is 75.6 Å². The standard InChI is InChI=1S/C57H59N5O16S3/c1-54(2)38-25-34(17-21-42(38)60(31-51(64)65)48(54)15-12-16-49-57(7,8)41-28-37(81(76,77)78)20-24-45(41)62(49)33-53(68)69)29-58-50(63)30-59-43-22-18-35(79(70,71)72)26-39(43)55(3,4)46(59)13-10-9-11-14-47-56(5,6)40-27-36(80(73,74)75)19-23-44(40)61(47)32-52(66)67/h9-28H,29-33H2,1-8H3,(H5-2,58,63,64,65,66,67,68,69,70,71,72,73,74,75,76,77,78)/p+2. The predicted octanol–water partition coefficient (Wildman–Crippen LogP) is 6.78. The van der Waals surface area contributed by atoms with Gasteiger partial charge in [0.25, 0.3) is 36.3 Å². The third kappa shape index (κ3) is 11.3. The minimum absolute atomic E-state index is 0.0390. The number of carbonyl (C=O) groups excluding carboxylic acids is 1. The van der Waals surface area contributed by atoms with Crippen LogP contribution in [0.1, 0.15) is 83.2 Å². The third-order valence-corrected chi connectivity index (χ3v) is 17.9. The van der Waals surface area contributed by atoms with Crippen LogP contribution in [0.25, 0.3) is 0 Å². The fourth-order valence-electron chi connectivity index (χ4n) is 11.4. The summed E-state index contributed by atoms with van der Waals surface area (Å²) in [6.45, 7) is 13.1. The van der Waals surface area contributed by atoms with E-state index in [1.54, 1.807) is 103 Å². The number of hydrogen-bond acceptors (Lipinski definition) is 12. The molecular formula is C57H61N5O16S3+2. The lowest BCUT2D eigenvalue weighted by atomic mass is 9.81. The van der Waals surface area contributed by atoms with Gasteiger partial charge < -0.3 is 30.4 Å². The molecule has 0 saturated heterocycles. The van der Waals surface area contributed by atoms with Crippen molar-refractivity contribution in [2.24, 2.45) is 0 Å². The molecule has 4 aromatic carbocycles. The summed E-state index contributed by atoms with van der Waals surface area (Å²) in [6.07, 6.45) is 13.5. The van der Waals surface area contributed by atoms with Gasteiger partial charge in [0.2, 0.25) is 24.5 Å². The number of aliphatic carboxylic acids is 3. The quantitative estimate of drug-likeness (QED) is 0.0307. The first-order chi connectivity index (χ1) is 37.5. The maximum absolute atomic E-state index is 14.1. The first kappa shape index (κ1) is 59.3. The van der Waals surface area contributed by atoms with Crippen molar-refractivity contribution in [2.75, 3.05) is 36.0 Å². The van der Waals surface area contributed by atoms with Crippen molar-refractivity contribution in [3.05, 3.63) is 161 Å². The second-order valence-electron chi connectivity index (χ2n) is 22.1. The summed E-state index contributed by atoms with van der Waals surface area (Å²) >= 11 is 0. The normalized spacial score (nSPS) is 18.9. The fourth-order valence-corrected chi connectivity index (χ4v) is 12.9. The number of nitrogens with zero attached hydrogens (tertiary/aromatic N) is 4. The number of hydrogen-bond donors (Lipinski definition) is 7. The van der Waals surface area contributed by atoms with Crippen molar-refractivity contribution in [1.29, 1.82) is 0 Å². The number of anilines is 2. The molecule has 1 amide bonds. The topological polar surface area (TPSA) is 317 Å². The maximum atomic E-state index is 14.1. The fraction of sp³-hybridized carbons (Fsp3) is 0.298. The van der Waals surface area contributed by atoms with Crippen LogP contribution in [-0.4, -0.2) is 125 Å². The van der Waals surface area contributed by atoms with E-state index in [1.807, 2.05) is 33.8 Å². The Hall–Kier alpha value is -7.87. The predicted molar refractivity (Wildman–Crippen MR) is 300 cm³/mol. The second-order valence-corrected chi connectivity index (χ2v) is 26.4. The molecule has 4 aliphatic rings. The number of rotatable bonds is 18. The summed E-state index contributed by atoms with van der Waals surface area (Å²) in [4.78, 5) is 52.7. The van der Waals surface area contributed by atoms with Gasteiger partial charge in [-0.3, -0.25) is 28.0 Å². The lowest BCUT2D eigenvalue weighted by Gasteiger charge is -2.25. The van der Waals surface area contributed by atoms with E-state index in [4.69, 9.17) is 0 Å². The highest BCUT2D eigenvalue weighted by atomic mass is 32.2. The number of amides is 1. The maximum Gasteiger partial charge on any atom is 0.370 e. The Bertz CT molecular complexity index is 3990. The number of carboxylic acid groups (broad SMARTS) is 3. The van der Waals surface area contributed by atoms with Gasteiger partial charge in [-0.25, -0.2) is 4.79 Å². The molecule has 0 aliphatic carbocycles. The highest BCUT2D eigenvalue weighted by Crippen LogP contribution is 2.50. The Kier molecular flexibility index (Phi) is 15.3. The van der Waals surface area contributed by atoms with E-state index in [0.717, 1.165) is 5.56 Å². The first-order valence-electron chi connectivity index (χ1n) is 25.2. The molecular weight excluding hydrogens is 1110 g/mol. The van der Waals surface area contributed by atoms with Crippen molar-refractivity contribution in [1.82, 2.24) is 5.32 Å². The van der Waals surface area contributed by atoms with Crippen molar-refractivity contribution in [3.63, 3.8) is 0 Å². The van der Waals surface area contributed by atoms with Crippen molar-refractivity contribution >= 4 is 88.3 Å². The Morgan fingerprint density at radius 2 is 0.901 bits per heavy atom. The van der Waals surface area contributed by atoms with Crippen molar-refractivity contribution in [3.8, 4) is 0 Å². The summed E-state index contributed by atoms with van der Waals surface area (Å²) in [6, 6.07) is 17.4. The highest BCUT2D eigenvalue weighted by molar-refractivity contribution is 7.86. The molecule has 0 aromatic heterocycles. The Labute approximate surface area is 468 Å². The lowest BCUT2D eigenvalue weighted by Crippen LogP contribution is -2.34. The number of allylic oxidation sites excluding steroid dienone is 10. The van der Waals surface area contributed by atoms with Gasteiger partial charge in [0.1, 0.15) is 13.1 Å². The summed E-state index contributed by atoms with van der Waals surface area (Å²) in [5.74, 6) is -3.83. The molecule has 0 fully saturated rings. The molecule has 4 heterocycles. The molecule has 0 unspecified atom stereocenters.